The fourth-order valence-corrected chi connectivity index (χ4v) is 2.86. The Morgan fingerprint density at radius 3 is 1.71 bits per heavy atom. The number of hydrogen-bond donors (Lipinski definition) is 0. The highest BCUT2D eigenvalue weighted by atomic mass is 16.7. The Hall–Kier alpha value is -2.57. The van der Waals surface area contributed by atoms with Gasteiger partial charge in [0.05, 0.1) is 0 Å². The highest BCUT2D eigenvalue weighted by Crippen LogP contribution is 2.21. The second-order valence-electron chi connectivity index (χ2n) is 6.69. The number of unbranched alkanes of at least 4 members (excludes halogenated alkanes) is 9. The summed E-state index contributed by atoms with van der Waals surface area (Å²) in [7, 11) is 0. The minimum atomic E-state index is -3.48. The van der Waals surface area contributed by atoms with E-state index in [4.69, 9.17) is 0 Å². The van der Waals surface area contributed by atoms with Gasteiger partial charge in [-0.2, -0.15) is 0 Å². The van der Waals surface area contributed by atoms with E-state index >= 15 is 0 Å². The summed E-state index contributed by atoms with van der Waals surface area (Å²) in [5.41, 5.74) is -3.48. The van der Waals surface area contributed by atoms with Crippen molar-refractivity contribution >= 4 is 6.29 Å². The average molecular weight is 399 g/mol. The van der Waals surface area contributed by atoms with Crippen molar-refractivity contribution in [2.45, 2.75) is 95.7 Å². The van der Waals surface area contributed by atoms with Crippen molar-refractivity contribution in [3.63, 3.8) is 0 Å². The summed E-state index contributed by atoms with van der Waals surface area (Å²) in [6, 6.07) is -2.27. The Balaban J connectivity index is 4.29. The molecule has 28 heavy (non-hydrogen) atoms. The molecule has 0 fully saturated rings. The maximum Gasteiger partial charge on any atom is 0.577 e. The SMILES string of the molecule is CCCCCCCCCCCC#CCCC([N+](=O)[O-])C(C=O)([N+](=O)[O-])[N+](=O)[O-]. The first-order valence-corrected chi connectivity index (χ1v) is 9.69. The molecule has 158 valence electrons. The van der Waals surface area contributed by atoms with Gasteiger partial charge in [0.25, 0.3) is 6.29 Å². The highest BCUT2D eigenvalue weighted by Gasteiger charge is 2.70. The Kier molecular flexibility index (Phi) is 13.2. The molecule has 10 nitrogen and oxygen atoms in total. The first-order chi connectivity index (χ1) is 13.3. The van der Waals surface area contributed by atoms with E-state index in [1.54, 1.807) is 0 Å². The summed E-state index contributed by atoms with van der Waals surface area (Å²) >= 11 is 0. The van der Waals surface area contributed by atoms with Gasteiger partial charge in [0.2, 0.25) is 0 Å². The van der Waals surface area contributed by atoms with Crippen LogP contribution in [-0.4, -0.2) is 32.8 Å². The van der Waals surface area contributed by atoms with E-state index in [0.29, 0.717) is 6.42 Å². The quantitative estimate of drug-likeness (QED) is 0.0957. The summed E-state index contributed by atoms with van der Waals surface area (Å²) in [6.45, 7) is 2.18. The molecule has 1 atom stereocenters. The second kappa shape index (κ2) is 14.5. The van der Waals surface area contributed by atoms with Crippen molar-refractivity contribution in [3.05, 3.63) is 30.3 Å². The molecule has 0 N–H and O–H groups in total. The number of aldehydes is 1. The number of hydrogen-bond acceptors (Lipinski definition) is 7. The van der Waals surface area contributed by atoms with Crippen LogP contribution in [0.3, 0.4) is 0 Å². The Bertz CT molecular complexity index is 569. The van der Waals surface area contributed by atoms with Gasteiger partial charge in [0.15, 0.2) is 0 Å². The predicted octanol–water partition coefficient (Wildman–Crippen LogP) is 3.78. The van der Waals surface area contributed by atoms with Crippen LogP contribution in [0, 0.1) is 42.2 Å². The largest absolute Gasteiger partial charge is 0.577 e. The van der Waals surface area contributed by atoms with E-state index in [1.807, 2.05) is 0 Å². The third-order valence-electron chi connectivity index (χ3n) is 4.58. The number of nitrogens with zero attached hydrogens (tertiary/aromatic N) is 3. The van der Waals surface area contributed by atoms with Crippen molar-refractivity contribution in [2.24, 2.45) is 0 Å². The van der Waals surface area contributed by atoms with Crippen LogP contribution in [0.2, 0.25) is 0 Å². The van der Waals surface area contributed by atoms with E-state index < -0.39 is 39.2 Å². The zero-order valence-electron chi connectivity index (χ0n) is 16.3. The molecule has 0 radical (unpaired) electrons. The maximum atomic E-state index is 11.1. The van der Waals surface area contributed by atoms with Gasteiger partial charge >= 0.3 is 11.7 Å². The molecule has 0 rings (SSSR count). The van der Waals surface area contributed by atoms with Crippen molar-refractivity contribution in [2.75, 3.05) is 0 Å². The highest BCUT2D eigenvalue weighted by molar-refractivity contribution is 5.60. The van der Waals surface area contributed by atoms with Gasteiger partial charge in [0, 0.05) is 24.2 Å². The lowest BCUT2D eigenvalue weighted by Gasteiger charge is -2.14. The molecule has 0 spiro atoms. The number of nitro groups is 3. The smallest absolute Gasteiger partial charge is 0.287 e. The summed E-state index contributed by atoms with van der Waals surface area (Å²) in [5, 5.41) is 33.0. The number of carbonyl (C=O) groups excluding carboxylic acids is 1. The van der Waals surface area contributed by atoms with Crippen LogP contribution in [-0.2, 0) is 4.79 Å². The van der Waals surface area contributed by atoms with Crippen molar-refractivity contribution in [1.82, 2.24) is 0 Å². The molecule has 1 unspecified atom stereocenters. The fourth-order valence-electron chi connectivity index (χ4n) is 2.86. The van der Waals surface area contributed by atoms with Gasteiger partial charge in [-0.15, -0.1) is 11.8 Å². The molecule has 0 aromatic heterocycles. The first kappa shape index (κ1) is 25.4. The molecule has 0 aliphatic carbocycles. The minimum absolute atomic E-state index is 0.125. The first-order valence-electron chi connectivity index (χ1n) is 9.69. The van der Waals surface area contributed by atoms with E-state index in [2.05, 4.69) is 18.8 Å². The summed E-state index contributed by atoms with van der Waals surface area (Å²) in [5.74, 6) is 5.48. The van der Waals surface area contributed by atoms with Gasteiger partial charge < -0.3 is 0 Å². The van der Waals surface area contributed by atoms with Crippen molar-refractivity contribution in [1.29, 1.82) is 0 Å². The molecule has 0 bridgehead atoms. The van der Waals surface area contributed by atoms with Crippen molar-refractivity contribution in [3.8, 4) is 11.8 Å². The van der Waals surface area contributed by atoms with E-state index in [0.717, 1.165) is 19.3 Å². The normalized spacial score (nSPS) is 11.9. The molecule has 0 aromatic rings. The monoisotopic (exact) mass is 399 g/mol. The van der Waals surface area contributed by atoms with Crippen LogP contribution in [0.4, 0.5) is 0 Å². The molecule has 0 heterocycles. The summed E-state index contributed by atoms with van der Waals surface area (Å²) in [4.78, 5) is 39.8. The van der Waals surface area contributed by atoms with Gasteiger partial charge in [0.1, 0.15) is 9.85 Å². The summed E-state index contributed by atoms with van der Waals surface area (Å²) in [6.07, 6.45) is 9.91. The Morgan fingerprint density at radius 1 is 0.821 bits per heavy atom. The standard InChI is InChI=1S/C18H29N3O7/c1-2-3-4-5-6-7-8-9-10-11-12-13-14-15-17(19(23)24)18(16-22,20(25)26)21(27)28/h16-17H,2-11,14-15H2,1H3. The van der Waals surface area contributed by atoms with Gasteiger partial charge in [-0.05, 0) is 6.42 Å². The second-order valence-corrected chi connectivity index (χ2v) is 6.69. The minimum Gasteiger partial charge on any atom is -0.287 e. The molecule has 0 aromatic carbocycles. The maximum absolute atomic E-state index is 11.1. The molecule has 0 aliphatic rings. The third-order valence-corrected chi connectivity index (χ3v) is 4.58. The van der Waals surface area contributed by atoms with Crippen molar-refractivity contribution < 1.29 is 19.6 Å². The van der Waals surface area contributed by atoms with Crippen LogP contribution in [0.1, 0.15) is 84.0 Å². The lowest BCUT2D eigenvalue weighted by molar-refractivity contribution is -0.812. The van der Waals surface area contributed by atoms with E-state index in [1.165, 1.54) is 38.5 Å². The number of rotatable bonds is 16. The van der Waals surface area contributed by atoms with Crippen LogP contribution in [0.25, 0.3) is 0 Å². The lowest BCUT2D eigenvalue weighted by atomic mass is 9.98. The average Bonchev–Trinajstić information content (AvgIpc) is 2.63. The fraction of sp³-hybridized carbons (Fsp3) is 0.833. The van der Waals surface area contributed by atoms with Gasteiger partial charge in [-0.3, -0.25) is 35.1 Å². The van der Waals surface area contributed by atoms with Crippen LogP contribution in [0.15, 0.2) is 0 Å². The number of carbonyl (C=O) groups is 1. The lowest BCUT2D eigenvalue weighted by Crippen LogP contribution is -2.59. The Morgan fingerprint density at radius 2 is 1.29 bits per heavy atom. The van der Waals surface area contributed by atoms with Crippen LogP contribution in [0.5, 0.6) is 0 Å². The van der Waals surface area contributed by atoms with E-state index in [9.17, 15) is 35.1 Å². The topological polar surface area (TPSA) is 146 Å². The predicted molar refractivity (Wildman–Crippen MR) is 102 cm³/mol. The molecular formula is C18H29N3O7. The molecule has 0 saturated heterocycles. The molecule has 0 aliphatic heterocycles. The van der Waals surface area contributed by atoms with Gasteiger partial charge in [-0.1, -0.05) is 58.3 Å². The zero-order valence-corrected chi connectivity index (χ0v) is 16.3. The molecular weight excluding hydrogens is 370 g/mol. The molecule has 0 saturated carbocycles. The molecule has 10 heteroatoms. The molecule has 0 amide bonds. The summed E-state index contributed by atoms with van der Waals surface area (Å²) < 4.78 is 0. The third kappa shape index (κ3) is 8.41. The van der Waals surface area contributed by atoms with Crippen LogP contribution < -0.4 is 0 Å². The van der Waals surface area contributed by atoms with Crippen LogP contribution >= 0.6 is 0 Å². The van der Waals surface area contributed by atoms with E-state index in [-0.39, 0.29) is 6.42 Å². The van der Waals surface area contributed by atoms with Gasteiger partial charge in [-0.25, -0.2) is 0 Å². The Labute approximate surface area is 164 Å². The zero-order chi connectivity index (χ0) is 21.4.